The van der Waals surface area contributed by atoms with Crippen LogP contribution in [0.1, 0.15) is 6.42 Å². The molecule has 0 aliphatic carbocycles. The molecule has 1 atom stereocenters. The second-order valence-corrected chi connectivity index (χ2v) is 6.85. The largest absolute Gasteiger partial charge is 0.346 e. The van der Waals surface area contributed by atoms with E-state index in [1.165, 1.54) is 12.1 Å². The van der Waals surface area contributed by atoms with Gasteiger partial charge in [0.2, 0.25) is 5.91 Å². The third-order valence-corrected chi connectivity index (χ3v) is 4.92. The number of hydrogen-bond donors (Lipinski definition) is 2. The van der Waals surface area contributed by atoms with Crippen LogP contribution in [-0.4, -0.2) is 35.6 Å². The fourth-order valence-corrected chi connectivity index (χ4v) is 3.54. The second kappa shape index (κ2) is 7.72. The van der Waals surface area contributed by atoms with E-state index in [9.17, 15) is 14.0 Å². The molecule has 0 radical (unpaired) electrons. The predicted molar refractivity (Wildman–Crippen MR) is 106 cm³/mol. The first-order valence-corrected chi connectivity index (χ1v) is 9.24. The molecule has 1 saturated heterocycles. The van der Waals surface area contributed by atoms with Crippen LogP contribution < -0.4 is 15.5 Å². The van der Waals surface area contributed by atoms with Crippen LogP contribution in [0.4, 0.5) is 14.9 Å². The number of rotatable bonds is 5. The molecule has 3 aromatic rings. The van der Waals surface area contributed by atoms with E-state index < -0.39 is 0 Å². The Kier molecular flexibility index (Phi) is 4.97. The molecule has 6 nitrogen and oxygen atoms in total. The number of para-hydroxylation sites is 1. The van der Waals surface area contributed by atoms with E-state index in [2.05, 4.69) is 21.3 Å². The fraction of sp³-hybridized carbons (Fsp3) is 0.238. The van der Waals surface area contributed by atoms with Gasteiger partial charge in [-0.1, -0.05) is 18.2 Å². The molecule has 2 N–H and O–H groups in total. The Morgan fingerprint density at radius 2 is 1.89 bits per heavy atom. The minimum Gasteiger partial charge on any atom is -0.346 e. The zero-order valence-electron chi connectivity index (χ0n) is 15.3. The summed E-state index contributed by atoms with van der Waals surface area (Å²) >= 11 is 0. The van der Waals surface area contributed by atoms with Gasteiger partial charge in [0.15, 0.2) is 0 Å². The number of urea groups is 1. The molecule has 2 aromatic carbocycles. The molecule has 1 fully saturated rings. The Morgan fingerprint density at radius 3 is 2.71 bits per heavy atom. The first kappa shape index (κ1) is 18.0. The maximum atomic E-state index is 13.1. The van der Waals surface area contributed by atoms with Crippen LogP contribution in [0.3, 0.4) is 0 Å². The Balaban J connectivity index is 1.27. The lowest BCUT2D eigenvalue weighted by Crippen LogP contribution is -2.44. The van der Waals surface area contributed by atoms with Crippen molar-refractivity contribution in [3.8, 4) is 0 Å². The van der Waals surface area contributed by atoms with E-state index >= 15 is 0 Å². The third kappa shape index (κ3) is 3.83. The number of anilines is 1. The van der Waals surface area contributed by atoms with Crippen LogP contribution in [0, 0.1) is 5.82 Å². The predicted octanol–water partition coefficient (Wildman–Crippen LogP) is 2.89. The molecule has 3 amide bonds. The number of benzene rings is 2. The molecule has 4 rings (SSSR count). The average molecular weight is 380 g/mol. The maximum Gasteiger partial charge on any atom is 0.315 e. The number of hydrogen-bond acceptors (Lipinski definition) is 2. The Bertz CT molecular complexity index is 999. The SMILES string of the molecule is O=C(NCCn1ccc2ccccc21)N[C@@H]1CC(=O)N(c2ccc(F)cc2)C1. The van der Waals surface area contributed by atoms with Crippen molar-refractivity contribution < 1.29 is 14.0 Å². The lowest BCUT2D eigenvalue weighted by Gasteiger charge is -2.17. The molecule has 0 bridgehead atoms. The van der Waals surface area contributed by atoms with Gasteiger partial charge in [-0.2, -0.15) is 0 Å². The molecular formula is C21H21FN4O2. The fourth-order valence-electron chi connectivity index (χ4n) is 3.54. The van der Waals surface area contributed by atoms with Crippen LogP contribution in [0.5, 0.6) is 0 Å². The van der Waals surface area contributed by atoms with E-state index in [1.807, 2.05) is 30.5 Å². The number of nitrogens with zero attached hydrogens (tertiary/aromatic N) is 2. The summed E-state index contributed by atoms with van der Waals surface area (Å²) < 4.78 is 15.1. The van der Waals surface area contributed by atoms with Gasteiger partial charge in [-0.15, -0.1) is 0 Å². The summed E-state index contributed by atoms with van der Waals surface area (Å²) in [6.07, 6.45) is 2.23. The minimum absolute atomic E-state index is 0.0873. The van der Waals surface area contributed by atoms with Crippen molar-refractivity contribution in [3.05, 3.63) is 66.6 Å². The van der Waals surface area contributed by atoms with Gasteiger partial charge in [-0.05, 0) is 41.8 Å². The molecule has 0 saturated carbocycles. The Hall–Kier alpha value is -3.35. The minimum atomic E-state index is -0.347. The van der Waals surface area contributed by atoms with Crippen molar-refractivity contribution in [3.63, 3.8) is 0 Å². The molecule has 1 aliphatic heterocycles. The smallest absolute Gasteiger partial charge is 0.315 e. The number of nitrogens with one attached hydrogen (secondary N) is 2. The summed E-state index contributed by atoms with van der Waals surface area (Å²) in [5.41, 5.74) is 1.76. The van der Waals surface area contributed by atoms with Crippen LogP contribution in [0.2, 0.25) is 0 Å². The van der Waals surface area contributed by atoms with Crippen molar-refractivity contribution >= 4 is 28.5 Å². The highest BCUT2D eigenvalue weighted by Gasteiger charge is 2.31. The van der Waals surface area contributed by atoms with E-state index in [0.29, 0.717) is 25.3 Å². The zero-order valence-corrected chi connectivity index (χ0v) is 15.3. The molecular weight excluding hydrogens is 359 g/mol. The van der Waals surface area contributed by atoms with Crippen molar-refractivity contribution in [2.45, 2.75) is 19.0 Å². The van der Waals surface area contributed by atoms with E-state index in [4.69, 9.17) is 0 Å². The summed E-state index contributed by atoms with van der Waals surface area (Å²) in [5, 5.41) is 6.85. The lowest BCUT2D eigenvalue weighted by molar-refractivity contribution is -0.117. The molecule has 144 valence electrons. The molecule has 7 heteroatoms. The van der Waals surface area contributed by atoms with E-state index in [-0.39, 0.29) is 30.2 Å². The molecule has 2 heterocycles. The van der Waals surface area contributed by atoms with Gasteiger partial charge in [0.25, 0.3) is 0 Å². The Morgan fingerprint density at radius 1 is 1.11 bits per heavy atom. The highest BCUT2D eigenvalue weighted by atomic mass is 19.1. The maximum absolute atomic E-state index is 13.1. The van der Waals surface area contributed by atoms with Gasteiger partial charge >= 0.3 is 6.03 Å². The van der Waals surface area contributed by atoms with Gasteiger partial charge in [-0.25, -0.2) is 9.18 Å². The van der Waals surface area contributed by atoms with Crippen LogP contribution >= 0.6 is 0 Å². The zero-order chi connectivity index (χ0) is 19.5. The van der Waals surface area contributed by atoms with Crippen molar-refractivity contribution in [2.75, 3.05) is 18.0 Å². The van der Waals surface area contributed by atoms with E-state index in [1.54, 1.807) is 17.0 Å². The highest BCUT2D eigenvalue weighted by molar-refractivity contribution is 5.96. The summed E-state index contributed by atoms with van der Waals surface area (Å²) in [6, 6.07) is 15.3. The highest BCUT2D eigenvalue weighted by Crippen LogP contribution is 2.21. The van der Waals surface area contributed by atoms with Crippen LogP contribution in [0.25, 0.3) is 10.9 Å². The normalized spacial score (nSPS) is 16.5. The van der Waals surface area contributed by atoms with Gasteiger partial charge in [0.05, 0.1) is 6.04 Å². The van der Waals surface area contributed by atoms with E-state index in [0.717, 1.165) is 10.9 Å². The van der Waals surface area contributed by atoms with Gasteiger partial charge in [0, 0.05) is 43.5 Å². The van der Waals surface area contributed by atoms with Crippen LogP contribution in [0.15, 0.2) is 60.8 Å². The summed E-state index contributed by atoms with van der Waals surface area (Å²) in [7, 11) is 0. The van der Waals surface area contributed by atoms with Gasteiger partial charge in [0.1, 0.15) is 5.82 Å². The van der Waals surface area contributed by atoms with Crippen LogP contribution in [-0.2, 0) is 11.3 Å². The number of halogens is 1. The Labute approximate surface area is 161 Å². The quantitative estimate of drug-likeness (QED) is 0.715. The number of carbonyl (C=O) groups excluding carboxylic acids is 2. The number of fused-ring (bicyclic) bond motifs is 1. The summed E-state index contributed by atoms with van der Waals surface area (Å²) in [5.74, 6) is -0.435. The molecule has 0 unspecified atom stereocenters. The summed E-state index contributed by atoms with van der Waals surface area (Å²) in [4.78, 5) is 25.9. The monoisotopic (exact) mass is 380 g/mol. The summed E-state index contributed by atoms with van der Waals surface area (Å²) in [6.45, 7) is 1.51. The first-order chi connectivity index (χ1) is 13.6. The lowest BCUT2D eigenvalue weighted by atomic mass is 10.2. The van der Waals surface area contributed by atoms with Crippen molar-refractivity contribution in [2.24, 2.45) is 0 Å². The number of aromatic nitrogens is 1. The number of amides is 3. The third-order valence-electron chi connectivity index (χ3n) is 4.92. The molecule has 1 aromatic heterocycles. The number of carbonyl (C=O) groups is 2. The molecule has 1 aliphatic rings. The first-order valence-electron chi connectivity index (χ1n) is 9.24. The molecule has 0 spiro atoms. The van der Waals surface area contributed by atoms with Crippen molar-refractivity contribution in [1.29, 1.82) is 0 Å². The van der Waals surface area contributed by atoms with Crippen molar-refractivity contribution in [1.82, 2.24) is 15.2 Å². The topological polar surface area (TPSA) is 66.4 Å². The second-order valence-electron chi connectivity index (χ2n) is 6.85. The molecule has 28 heavy (non-hydrogen) atoms. The average Bonchev–Trinajstić information content (AvgIpc) is 3.26. The van der Waals surface area contributed by atoms with Gasteiger partial charge < -0.3 is 20.1 Å². The standard InChI is InChI=1S/C21H21FN4O2/c22-16-5-7-18(8-6-16)26-14-17(13-20(26)27)24-21(28)23-10-12-25-11-9-15-3-1-2-4-19(15)25/h1-9,11,17H,10,12-14H2,(H2,23,24,28)/t17-/m1/s1. The van der Waals surface area contributed by atoms with Gasteiger partial charge in [-0.3, -0.25) is 4.79 Å².